The van der Waals surface area contributed by atoms with E-state index >= 15 is 0 Å². The summed E-state index contributed by atoms with van der Waals surface area (Å²) in [7, 11) is 0. The van der Waals surface area contributed by atoms with Gasteiger partial charge in [-0.25, -0.2) is 4.79 Å². The molecule has 0 saturated carbocycles. The van der Waals surface area contributed by atoms with Crippen LogP contribution < -0.4 is 20.0 Å². The molecule has 0 radical (unpaired) electrons. The van der Waals surface area contributed by atoms with Gasteiger partial charge in [-0.15, -0.1) is 0 Å². The van der Waals surface area contributed by atoms with Crippen molar-refractivity contribution in [2.24, 2.45) is 0 Å². The smallest absolute Gasteiger partial charge is 0.411 e. The van der Waals surface area contributed by atoms with E-state index in [9.17, 15) is 10.0 Å². The molecule has 23 heavy (non-hydrogen) atoms. The number of carbonyl (C=O) groups excluding carboxylic acids is 1. The van der Waals surface area contributed by atoms with Crippen LogP contribution >= 0.6 is 0 Å². The van der Waals surface area contributed by atoms with Crippen LogP contribution in [0.2, 0.25) is 0 Å². The average molecular weight is 317 g/mol. The largest absolute Gasteiger partial charge is 0.733 e. The maximum absolute atomic E-state index is 11.8. The number of nitrogens with zero attached hydrogens (tertiary/aromatic N) is 1. The Morgan fingerprint density at radius 2 is 2.09 bits per heavy atom. The van der Waals surface area contributed by atoms with E-state index in [1.165, 1.54) is 18.2 Å². The lowest BCUT2D eigenvalue weighted by molar-refractivity contribution is 0.154. The lowest BCUT2D eigenvalue weighted by atomic mass is 10.2. The third-order valence-electron chi connectivity index (χ3n) is 3.12. The van der Waals surface area contributed by atoms with Gasteiger partial charge in [0, 0.05) is 5.69 Å². The molecule has 0 unspecified atom stereocenters. The number of ether oxygens (including phenoxy) is 3. The van der Waals surface area contributed by atoms with Gasteiger partial charge in [-0.1, -0.05) is 12.1 Å². The first kappa shape index (κ1) is 14.9. The number of rotatable bonds is 4. The van der Waals surface area contributed by atoms with Crippen molar-refractivity contribution in [2.75, 3.05) is 17.3 Å². The highest BCUT2D eigenvalue weighted by Gasteiger charge is 2.14. The Kier molecular flexibility index (Phi) is 4.18. The number of nitrogens with one attached hydrogen (secondary N) is 1. The zero-order valence-electron chi connectivity index (χ0n) is 11.9. The van der Waals surface area contributed by atoms with Crippen LogP contribution in [0.3, 0.4) is 0 Å². The first-order chi connectivity index (χ1) is 11.1. The van der Waals surface area contributed by atoms with Crippen LogP contribution in [0.4, 0.5) is 16.2 Å². The molecule has 120 valence electrons. The molecule has 8 nitrogen and oxygen atoms in total. The highest BCUT2D eigenvalue weighted by molar-refractivity contribution is 5.85. The normalized spacial score (nSPS) is 11.9. The molecular formula is C15H13N2O6-. The minimum absolute atomic E-state index is 0.00132. The van der Waals surface area contributed by atoms with Crippen molar-refractivity contribution < 1.29 is 24.2 Å². The minimum atomic E-state index is -0.685. The van der Waals surface area contributed by atoms with E-state index in [4.69, 9.17) is 19.4 Å². The van der Waals surface area contributed by atoms with Crippen molar-refractivity contribution in [1.29, 1.82) is 0 Å². The van der Waals surface area contributed by atoms with Crippen LogP contribution in [0.15, 0.2) is 42.5 Å². The Balaban J connectivity index is 1.56. The van der Waals surface area contributed by atoms with Gasteiger partial charge >= 0.3 is 6.09 Å². The number of hydrogen-bond acceptors (Lipinski definition) is 7. The predicted octanol–water partition coefficient (Wildman–Crippen LogP) is 2.86. The summed E-state index contributed by atoms with van der Waals surface area (Å²) in [5.74, 6) is 1.26. The van der Waals surface area contributed by atoms with Gasteiger partial charge in [0.25, 0.3) is 0 Å². The second kappa shape index (κ2) is 6.42. The molecule has 2 N–H and O–H groups in total. The molecule has 1 heterocycles. The fourth-order valence-electron chi connectivity index (χ4n) is 2.04. The van der Waals surface area contributed by atoms with E-state index < -0.39 is 6.09 Å². The molecule has 3 rings (SSSR count). The molecule has 0 spiro atoms. The predicted molar refractivity (Wildman–Crippen MR) is 80.4 cm³/mol. The third-order valence-corrected chi connectivity index (χ3v) is 3.12. The molecule has 2 aromatic carbocycles. The molecule has 0 saturated heterocycles. The van der Waals surface area contributed by atoms with Crippen molar-refractivity contribution in [3.63, 3.8) is 0 Å². The summed E-state index contributed by atoms with van der Waals surface area (Å²) in [6.45, 7) is 0.230. The number of carbonyl (C=O) groups is 1. The molecule has 0 aromatic heterocycles. The van der Waals surface area contributed by atoms with Gasteiger partial charge in [0.1, 0.15) is 6.61 Å². The van der Waals surface area contributed by atoms with Crippen LogP contribution in [-0.4, -0.2) is 18.1 Å². The zero-order chi connectivity index (χ0) is 16.2. The van der Waals surface area contributed by atoms with Crippen LogP contribution in [0.5, 0.6) is 11.5 Å². The fourth-order valence-corrected chi connectivity index (χ4v) is 2.04. The van der Waals surface area contributed by atoms with E-state index in [0.717, 1.165) is 5.56 Å². The number of fused-ring (bicyclic) bond motifs is 1. The highest BCUT2D eigenvalue weighted by Crippen LogP contribution is 2.32. The highest BCUT2D eigenvalue weighted by atomic mass is 16.8. The van der Waals surface area contributed by atoms with Crippen molar-refractivity contribution in [3.8, 4) is 11.5 Å². The summed E-state index contributed by atoms with van der Waals surface area (Å²) in [5, 5.41) is 21.8. The standard InChI is InChI=1S/C15H13N2O6/c18-15(16-11-2-1-3-12(7-11)17(19)20)21-8-10-4-5-13-14(6-10)23-9-22-13/h1-7,19H,8-9H2,(H,16,18)/q-1. The lowest BCUT2D eigenvalue weighted by Gasteiger charge is -2.21. The second-order valence-electron chi connectivity index (χ2n) is 4.71. The van der Waals surface area contributed by atoms with Crippen LogP contribution in [0, 0.1) is 5.21 Å². The number of anilines is 2. The van der Waals surface area contributed by atoms with Gasteiger partial charge in [0.05, 0.1) is 5.69 Å². The Bertz CT molecular complexity index is 719. The molecule has 0 aliphatic carbocycles. The van der Waals surface area contributed by atoms with Gasteiger partial charge in [0.15, 0.2) is 11.5 Å². The number of hydrogen-bond donors (Lipinski definition) is 2. The molecule has 1 amide bonds. The van der Waals surface area contributed by atoms with E-state index in [0.29, 0.717) is 17.2 Å². The lowest BCUT2D eigenvalue weighted by Crippen LogP contribution is -2.14. The molecule has 0 fully saturated rings. The monoisotopic (exact) mass is 317 g/mol. The van der Waals surface area contributed by atoms with Gasteiger partial charge in [-0.3, -0.25) is 10.5 Å². The molecule has 1 aliphatic heterocycles. The van der Waals surface area contributed by atoms with Gasteiger partial charge in [-0.05, 0) is 35.9 Å². The van der Waals surface area contributed by atoms with E-state index in [-0.39, 0.29) is 24.3 Å². The van der Waals surface area contributed by atoms with E-state index in [1.54, 1.807) is 24.3 Å². The summed E-state index contributed by atoms with van der Waals surface area (Å²) in [5.41, 5.74) is 1.07. The number of benzene rings is 2. The molecular weight excluding hydrogens is 304 g/mol. The van der Waals surface area contributed by atoms with E-state index in [1.807, 2.05) is 0 Å². The third kappa shape index (κ3) is 3.62. The van der Waals surface area contributed by atoms with Crippen LogP contribution in [0.25, 0.3) is 0 Å². The van der Waals surface area contributed by atoms with Gasteiger partial charge < -0.3 is 24.6 Å². The van der Waals surface area contributed by atoms with Gasteiger partial charge in [0.2, 0.25) is 6.79 Å². The minimum Gasteiger partial charge on any atom is -0.733 e. The fraction of sp³-hybridized carbons (Fsp3) is 0.133. The topological polar surface area (TPSA) is 103 Å². The van der Waals surface area contributed by atoms with Crippen LogP contribution in [0.1, 0.15) is 5.56 Å². The zero-order valence-corrected chi connectivity index (χ0v) is 11.9. The Morgan fingerprint density at radius 1 is 1.26 bits per heavy atom. The van der Waals surface area contributed by atoms with Crippen molar-refractivity contribution in [2.45, 2.75) is 6.61 Å². The van der Waals surface area contributed by atoms with Gasteiger partial charge in [-0.2, -0.15) is 0 Å². The molecule has 0 bridgehead atoms. The molecule has 2 aromatic rings. The summed E-state index contributed by atoms with van der Waals surface area (Å²) in [4.78, 5) is 11.8. The summed E-state index contributed by atoms with van der Waals surface area (Å²) >= 11 is 0. The van der Waals surface area contributed by atoms with Crippen molar-refractivity contribution in [1.82, 2.24) is 0 Å². The summed E-state index contributed by atoms with van der Waals surface area (Å²) < 4.78 is 15.5. The molecule has 8 heteroatoms. The summed E-state index contributed by atoms with van der Waals surface area (Å²) in [6, 6.07) is 11.0. The number of amides is 1. The Labute approximate surface area is 131 Å². The maximum Gasteiger partial charge on any atom is 0.411 e. The molecule has 0 atom stereocenters. The Hall–Kier alpha value is -2.97. The SMILES string of the molecule is O=C(Nc1cccc(N([O-])O)c1)OCc1ccc2c(c1)OCO2. The first-order valence-electron chi connectivity index (χ1n) is 6.70. The average Bonchev–Trinajstić information content (AvgIpc) is 3.01. The summed E-state index contributed by atoms with van der Waals surface area (Å²) in [6.07, 6.45) is -0.685. The van der Waals surface area contributed by atoms with Crippen LogP contribution in [-0.2, 0) is 11.3 Å². The van der Waals surface area contributed by atoms with Crippen molar-refractivity contribution >= 4 is 17.5 Å². The first-order valence-corrected chi connectivity index (χ1v) is 6.70. The Morgan fingerprint density at radius 3 is 2.91 bits per heavy atom. The van der Waals surface area contributed by atoms with Crippen molar-refractivity contribution in [3.05, 3.63) is 53.2 Å². The maximum atomic E-state index is 11.8. The second-order valence-corrected chi connectivity index (χ2v) is 4.71. The quantitative estimate of drug-likeness (QED) is 0.836. The molecule has 1 aliphatic rings. The van der Waals surface area contributed by atoms with E-state index in [2.05, 4.69) is 5.32 Å².